The Morgan fingerprint density at radius 1 is 1.23 bits per heavy atom. The topological polar surface area (TPSA) is 105 Å². The number of carbonyl (C=O) groups is 3. The van der Waals surface area contributed by atoms with E-state index in [-0.39, 0.29) is 30.9 Å². The molecule has 0 aromatic heterocycles. The molecule has 2 amide bonds. The third-order valence-corrected chi connectivity index (χ3v) is 5.07. The first-order chi connectivity index (χ1) is 14.4. The molecule has 1 aromatic carbocycles. The Bertz CT molecular complexity index is 903. The van der Waals surface area contributed by atoms with E-state index in [0.717, 1.165) is 5.56 Å². The van der Waals surface area contributed by atoms with Crippen LogP contribution >= 0.6 is 0 Å². The van der Waals surface area contributed by atoms with Gasteiger partial charge in [0.1, 0.15) is 18.9 Å². The molecule has 2 aliphatic rings. The molecule has 0 aliphatic carbocycles. The number of hydrogen-bond acceptors (Lipinski definition) is 6. The lowest BCUT2D eigenvalue weighted by Crippen LogP contribution is -2.61. The van der Waals surface area contributed by atoms with Gasteiger partial charge in [-0.25, -0.2) is 9.59 Å². The van der Waals surface area contributed by atoms with Crippen molar-refractivity contribution in [2.75, 3.05) is 18.5 Å². The van der Waals surface area contributed by atoms with Gasteiger partial charge >= 0.3 is 12.1 Å². The molecular weight excluding hydrogens is 388 g/mol. The van der Waals surface area contributed by atoms with Crippen LogP contribution in [0.25, 0.3) is 5.57 Å². The molecule has 3 atom stereocenters. The predicted octanol–water partition coefficient (Wildman–Crippen LogP) is 2.47. The summed E-state index contributed by atoms with van der Waals surface area (Å²) in [4.78, 5) is 38.3. The third-order valence-electron chi connectivity index (χ3n) is 5.07. The van der Waals surface area contributed by atoms with Gasteiger partial charge in [-0.05, 0) is 36.6 Å². The maximum absolute atomic E-state index is 12.6. The fourth-order valence-corrected chi connectivity index (χ4v) is 3.76. The van der Waals surface area contributed by atoms with Gasteiger partial charge in [-0.2, -0.15) is 0 Å². The lowest BCUT2D eigenvalue weighted by atomic mass is 9.82. The van der Waals surface area contributed by atoms with Gasteiger partial charge in [-0.1, -0.05) is 37.4 Å². The first kappa shape index (κ1) is 21.3. The van der Waals surface area contributed by atoms with E-state index in [4.69, 9.17) is 9.47 Å². The zero-order valence-corrected chi connectivity index (χ0v) is 16.7. The van der Waals surface area contributed by atoms with Crippen molar-refractivity contribution in [1.82, 2.24) is 4.90 Å². The zero-order valence-electron chi connectivity index (χ0n) is 16.7. The summed E-state index contributed by atoms with van der Waals surface area (Å²) >= 11 is 0. The van der Waals surface area contributed by atoms with E-state index in [1.54, 1.807) is 31.2 Å². The van der Waals surface area contributed by atoms with Crippen LogP contribution in [0.15, 0.2) is 55.3 Å². The molecule has 0 bridgehead atoms. The molecule has 2 aliphatic heterocycles. The van der Waals surface area contributed by atoms with Crippen LogP contribution in [0.3, 0.4) is 0 Å². The average Bonchev–Trinajstić information content (AvgIpc) is 3.05. The van der Waals surface area contributed by atoms with Crippen LogP contribution in [0.1, 0.15) is 18.9 Å². The van der Waals surface area contributed by atoms with Crippen molar-refractivity contribution < 1.29 is 29.0 Å². The average molecular weight is 412 g/mol. The SMILES string of the molecule is C=CCOC(=O)Nc1ccc(C2=C(C(=O)OCC=C)N3C(=O)[C@H]([C@@H](C)O)[C@H]3C2)cc1. The molecular formula is C22H24N2O6. The van der Waals surface area contributed by atoms with E-state index in [0.29, 0.717) is 17.7 Å². The Morgan fingerprint density at radius 3 is 2.47 bits per heavy atom. The molecule has 30 heavy (non-hydrogen) atoms. The standard InChI is InChI=1S/C22H24N2O6/c1-4-10-29-21(27)19-16(12-17-18(13(3)25)20(26)24(17)19)14-6-8-15(9-7-14)23-22(28)30-11-5-2/h4-9,13,17-18,25H,1-2,10-12H2,3H3,(H,23,28)/t13-,17-,18-/m1/s1. The molecule has 2 N–H and O–H groups in total. The van der Waals surface area contributed by atoms with Crippen molar-refractivity contribution in [1.29, 1.82) is 0 Å². The number of carbonyl (C=O) groups excluding carboxylic acids is 3. The summed E-state index contributed by atoms with van der Waals surface area (Å²) in [6.07, 6.45) is 1.93. The van der Waals surface area contributed by atoms with Crippen LogP contribution in [0.5, 0.6) is 0 Å². The third kappa shape index (κ3) is 3.99. The van der Waals surface area contributed by atoms with Crippen molar-refractivity contribution in [2.24, 2.45) is 5.92 Å². The Balaban J connectivity index is 1.85. The Kier molecular flexibility index (Phi) is 6.37. The Hall–Kier alpha value is -3.39. The molecule has 1 saturated heterocycles. The van der Waals surface area contributed by atoms with Crippen molar-refractivity contribution in [3.63, 3.8) is 0 Å². The minimum absolute atomic E-state index is 0.0256. The van der Waals surface area contributed by atoms with Gasteiger partial charge in [0.25, 0.3) is 0 Å². The Labute approximate surface area is 174 Å². The molecule has 158 valence electrons. The van der Waals surface area contributed by atoms with Crippen molar-refractivity contribution in [3.05, 3.63) is 60.8 Å². The molecule has 2 heterocycles. The highest BCUT2D eigenvalue weighted by molar-refractivity contribution is 6.07. The summed E-state index contributed by atoms with van der Waals surface area (Å²) < 4.78 is 10.1. The lowest BCUT2D eigenvalue weighted by molar-refractivity contribution is -0.162. The number of rotatable bonds is 8. The smallest absolute Gasteiger partial charge is 0.411 e. The highest BCUT2D eigenvalue weighted by atomic mass is 16.5. The van der Waals surface area contributed by atoms with E-state index in [9.17, 15) is 19.5 Å². The number of hydrogen-bond donors (Lipinski definition) is 2. The fraction of sp³-hybridized carbons (Fsp3) is 0.318. The van der Waals surface area contributed by atoms with Crippen molar-refractivity contribution >= 4 is 29.2 Å². The normalized spacial score (nSPS) is 20.7. The first-order valence-electron chi connectivity index (χ1n) is 9.56. The van der Waals surface area contributed by atoms with Gasteiger partial charge in [-0.3, -0.25) is 10.1 Å². The number of anilines is 1. The van der Waals surface area contributed by atoms with Crippen LogP contribution in [-0.4, -0.2) is 53.3 Å². The summed E-state index contributed by atoms with van der Waals surface area (Å²) in [6, 6.07) is 6.55. The first-order valence-corrected chi connectivity index (χ1v) is 9.56. The second kappa shape index (κ2) is 8.96. The number of aliphatic hydroxyl groups excluding tert-OH is 1. The van der Waals surface area contributed by atoms with Gasteiger partial charge in [0.15, 0.2) is 0 Å². The number of nitrogens with one attached hydrogen (secondary N) is 1. The van der Waals surface area contributed by atoms with Crippen molar-refractivity contribution in [3.8, 4) is 0 Å². The lowest BCUT2D eigenvalue weighted by Gasteiger charge is -2.44. The monoisotopic (exact) mass is 412 g/mol. The Morgan fingerprint density at radius 2 is 1.87 bits per heavy atom. The molecule has 0 spiro atoms. The molecule has 0 saturated carbocycles. The highest BCUT2D eigenvalue weighted by Gasteiger charge is 2.57. The fourth-order valence-electron chi connectivity index (χ4n) is 3.76. The van der Waals surface area contributed by atoms with Crippen LogP contribution in [-0.2, 0) is 19.1 Å². The molecule has 3 rings (SSSR count). The van der Waals surface area contributed by atoms with Crippen LogP contribution in [0.4, 0.5) is 10.5 Å². The minimum atomic E-state index is -0.809. The second-order valence-corrected chi connectivity index (χ2v) is 7.05. The minimum Gasteiger partial charge on any atom is -0.457 e. The number of nitrogens with zero attached hydrogens (tertiary/aromatic N) is 1. The van der Waals surface area contributed by atoms with Crippen LogP contribution in [0.2, 0.25) is 0 Å². The second-order valence-electron chi connectivity index (χ2n) is 7.05. The number of esters is 1. The zero-order chi connectivity index (χ0) is 21.8. The summed E-state index contributed by atoms with van der Waals surface area (Å²) in [6.45, 7) is 8.70. The van der Waals surface area contributed by atoms with Gasteiger partial charge in [0, 0.05) is 5.69 Å². The largest absolute Gasteiger partial charge is 0.457 e. The molecule has 1 aromatic rings. The maximum Gasteiger partial charge on any atom is 0.411 e. The summed E-state index contributed by atoms with van der Waals surface area (Å²) in [5.74, 6) is -1.45. The number of amides is 2. The molecule has 1 fully saturated rings. The summed E-state index contributed by atoms with van der Waals surface area (Å²) in [5.41, 5.74) is 2.08. The summed E-state index contributed by atoms with van der Waals surface area (Å²) in [7, 11) is 0. The maximum atomic E-state index is 12.6. The quantitative estimate of drug-likeness (QED) is 0.386. The number of benzene rings is 1. The van der Waals surface area contributed by atoms with Gasteiger partial charge in [-0.15, -0.1) is 0 Å². The van der Waals surface area contributed by atoms with Crippen LogP contribution in [0, 0.1) is 5.92 Å². The number of β-lactam (4-membered cyclic amide) rings is 1. The van der Waals surface area contributed by atoms with E-state index in [1.165, 1.54) is 17.1 Å². The van der Waals surface area contributed by atoms with Gasteiger partial charge in [0.05, 0.1) is 18.1 Å². The molecule has 8 nitrogen and oxygen atoms in total. The number of aliphatic hydroxyl groups is 1. The predicted molar refractivity (Wildman–Crippen MR) is 110 cm³/mol. The molecule has 8 heteroatoms. The van der Waals surface area contributed by atoms with E-state index >= 15 is 0 Å². The van der Waals surface area contributed by atoms with Gasteiger partial charge in [0.2, 0.25) is 5.91 Å². The number of fused-ring (bicyclic) bond motifs is 1. The van der Waals surface area contributed by atoms with Gasteiger partial charge < -0.3 is 19.5 Å². The van der Waals surface area contributed by atoms with E-state index in [1.807, 2.05) is 0 Å². The molecule has 0 unspecified atom stereocenters. The van der Waals surface area contributed by atoms with E-state index in [2.05, 4.69) is 18.5 Å². The highest BCUT2D eigenvalue weighted by Crippen LogP contribution is 2.47. The number of ether oxygens (including phenoxy) is 2. The summed E-state index contributed by atoms with van der Waals surface area (Å²) in [5, 5.41) is 12.5. The van der Waals surface area contributed by atoms with Crippen molar-refractivity contribution in [2.45, 2.75) is 25.5 Å². The van der Waals surface area contributed by atoms with Crippen LogP contribution < -0.4 is 5.32 Å². The van der Waals surface area contributed by atoms with E-state index < -0.39 is 24.1 Å². The molecule has 0 radical (unpaired) electrons.